The lowest BCUT2D eigenvalue weighted by Crippen LogP contribution is -2.21. The van der Waals surface area contributed by atoms with Crippen LogP contribution in [0.4, 0.5) is 5.69 Å². The Bertz CT molecular complexity index is 1160. The number of rotatable bonds is 6. The van der Waals surface area contributed by atoms with Gasteiger partial charge in [0.05, 0.1) is 5.70 Å². The number of amides is 1. The van der Waals surface area contributed by atoms with Gasteiger partial charge in [-0.15, -0.1) is 0 Å². The average molecular weight is 396 g/mol. The number of nitrogens with one attached hydrogen (secondary N) is 1. The zero-order valence-electron chi connectivity index (χ0n) is 16.5. The Kier molecular flexibility index (Phi) is 5.52. The first kappa shape index (κ1) is 19.3. The molecule has 3 aromatic rings. The molecule has 0 saturated carbocycles. The van der Waals surface area contributed by atoms with Crippen LogP contribution in [0.5, 0.6) is 11.5 Å². The van der Waals surface area contributed by atoms with Crippen LogP contribution in [0, 0.1) is 0 Å². The molecule has 1 heterocycles. The first-order valence-corrected chi connectivity index (χ1v) is 9.62. The number of anilines is 1. The average Bonchev–Trinajstić information content (AvgIpc) is 3.25. The van der Waals surface area contributed by atoms with Gasteiger partial charge in [0, 0.05) is 23.2 Å². The maximum Gasteiger partial charge on any atom is 0.270 e. The van der Waals surface area contributed by atoms with Crippen LogP contribution in [0.1, 0.15) is 29.3 Å². The maximum atomic E-state index is 12.6. The summed E-state index contributed by atoms with van der Waals surface area (Å²) in [6.45, 7) is 1.49. The SMILES string of the molecule is CC(=O)c1cccc(NC(=O)C2=NC(c3cccc(Oc4ccccc4)c3)=CC2)c1. The van der Waals surface area contributed by atoms with Crippen molar-refractivity contribution >= 4 is 28.8 Å². The van der Waals surface area contributed by atoms with Crippen LogP contribution in [0.3, 0.4) is 0 Å². The number of hydrogen-bond donors (Lipinski definition) is 1. The zero-order valence-corrected chi connectivity index (χ0v) is 16.5. The van der Waals surface area contributed by atoms with E-state index >= 15 is 0 Å². The summed E-state index contributed by atoms with van der Waals surface area (Å²) < 4.78 is 5.88. The lowest BCUT2D eigenvalue weighted by Gasteiger charge is -2.07. The molecule has 1 N–H and O–H groups in total. The second-order valence-electron chi connectivity index (χ2n) is 6.89. The lowest BCUT2D eigenvalue weighted by atomic mass is 10.1. The molecule has 30 heavy (non-hydrogen) atoms. The minimum absolute atomic E-state index is 0.0501. The second kappa shape index (κ2) is 8.57. The van der Waals surface area contributed by atoms with E-state index in [-0.39, 0.29) is 11.7 Å². The van der Waals surface area contributed by atoms with Crippen molar-refractivity contribution < 1.29 is 14.3 Å². The third-order valence-electron chi connectivity index (χ3n) is 4.64. The van der Waals surface area contributed by atoms with E-state index in [1.165, 1.54) is 6.92 Å². The number of Topliss-reactive ketones (excluding diaryl/α,β-unsaturated/α-hetero) is 1. The number of nitrogens with zero attached hydrogens (tertiary/aromatic N) is 1. The summed E-state index contributed by atoms with van der Waals surface area (Å²) in [4.78, 5) is 28.6. The number of hydrogen-bond acceptors (Lipinski definition) is 4. The van der Waals surface area contributed by atoms with Crippen molar-refractivity contribution in [1.29, 1.82) is 0 Å². The summed E-state index contributed by atoms with van der Waals surface area (Å²) in [6, 6.07) is 24.0. The van der Waals surface area contributed by atoms with Crippen molar-refractivity contribution in [3.05, 3.63) is 96.1 Å². The molecule has 0 radical (unpaired) electrons. The monoisotopic (exact) mass is 396 g/mol. The molecule has 5 nitrogen and oxygen atoms in total. The largest absolute Gasteiger partial charge is 0.457 e. The third-order valence-corrected chi connectivity index (χ3v) is 4.64. The van der Waals surface area contributed by atoms with E-state index < -0.39 is 0 Å². The van der Waals surface area contributed by atoms with E-state index in [2.05, 4.69) is 10.3 Å². The fourth-order valence-corrected chi connectivity index (χ4v) is 3.12. The Morgan fingerprint density at radius 3 is 2.47 bits per heavy atom. The minimum atomic E-state index is -0.279. The zero-order chi connectivity index (χ0) is 20.9. The number of aliphatic imine (C=N–C) groups is 1. The van der Waals surface area contributed by atoms with Crippen molar-refractivity contribution in [3.8, 4) is 11.5 Å². The predicted octanol–water partition coefficient (Wildman–Crippen LogP) is 5.51. The molecule has 4 rings (SSSR count). The number of allylic oxidation sites excluding steroid dienone is 1. The molecule has 1 amide bonds. The topological polar surface area (TPSA) is 67.8 Å². The normalized spacial score (nSPS) is 12.7. The number of benzene rings is 3. The quantitative estimate of drug-likeness (QED) is 0.559. The van der Waals surface area contributed by atoms with Gasteiger partial charge >= 0.3 is 0 Å². The first-order valence-electron chi connectivity index (χ1n) is 9.62. The van der Waals surface area contributed by atoms with Gasteiger partial charge < -0.3 is 10.1 Å². The minimum Gasteiger partial charge on any atom is -0.457 e. The van der Waals surface area contributed by atoms with Gasteiger partial charge in [-0.25, -0.2) is 4.99 Å². The lowest BCUT2D eigenvalue weighted by molar-refractivity contribution is -0.110. The fourth-order valence-electron chi connectivity index (χ4n) is 3.12. The molecule has 0 spiro atoms. The number of ketones is 1. The molecular formula is C25H20N2O3. The van der Waals surface area contributed by atoms with Crippen LogP contribution >= 0.6 is 0 Å². The molecule has 1 aliphatic heterocycles. The molecule has 3 aromatic carbocycles. The van der Waals surface area contributed by atoms with E-state index in [1.54, 1.807) is 24.3 Å². The standard InChI is InChI=1S/C25H20N2O3/c1-17(28)18-7-5-9-20(15-18)26-25(29)24-14-13-23(27-24)19-8-6-12-22(16-19)30-21-10-3-2-4-11-21/h2-13,15-16H,14H2,1H3,(H,26,29). The molecule has 0 saturated heterocycles. The van der Waals surface area contributed by atoms with Crippen LogP contribution < -0.4 is 10.1 Å². The third kappa shape index (κ3) is 4.52. The molecule has 0 fully saturated rings. The molecule has 148 valence electrons. The highest BCUT2D eigenvalue weighted by Crippen LogP contribution is 2.28. The first-order chi connectivity index (χ1) is 14.6. The van der Waals surface area contributed by atoms with Gasteiger partial charge in [0.15, 0.2) is 5.78 Å². The van der Waals surface area contributed by atoms with Crippen molar-refractivity contribution in [1.82, 2.24) is 0 Å². The number of carbonyl (C=O) groups is 2. The molecular weight excluding hydrogens is 376 g/mol. The summed E-state index contributed by atoms with van der Waals surface area (Å²) in [5, 5.41) is 2.82. The molecule has 0 atom stereocenters. The predicted molar refractivity (Wildman–Crippen MR) is 118 cm³/mol. The van der Waals surface area contributed by atoms with Crippen molar-refractivity contribution in [2.24, 2.45) is 4.99 Å². The molecule has 5 heteroatoms. The van der Waals surface area contributed by atoms with Gasteiger partial charge in [-0.3, -0.25) is 9.59 Å². The van der Waals surface area contributed by atoms with E-state index in [0.717, 1.165) is 17.0 Å². The van der Waals surface area contributed by atoms with Crippen molar-refractivity contribution in [2.75, 3.05) is 5.32 Å². The van der Waals surface area contributed by atoms with Gasteiger partial charge in [-0.1, -0.05) is 48.5 Å². The summed E-state index contributed by atoms with van der Waals surface area (Å²) >= 11 is 0. The van der Waals surface area contributed by atoms with Gasteiger partial charge in [0.2, 0.25) is 0 Å². The van der Waals surface area contributed by atoms with E-state index in [9.17, 15) is 9.59 Å². The summed E-state index contributed by atoms with van der Waals surface area (Å²) in [7, 11) is 0. The molecule has 0 bridgehead atoms. The van der Waals surface area contributed by atoms with Crippen molar-refractivity contribution in [3.63, 3.8) is 0 Å². The Morgan fingerprint density at radius 1 is 0.900 bits per heavy atom. The summed E-state index contributed by atoms with van der Waals surface area (Å²) in [5.41, 5.74) is 3.16. The highest BCUT2D eigenvalue weighted by molar-refractivity contribution is 6.45. The smallest absolute Gasteiger partial charge is 0.270 e. The second-order valence-corrected chi connectivity index (χ2v) is 6.89. The summed E-state index contributed by atoms with van der Waals surface area (Å²) in [5.74, 6) is 1.13. The van der Waals surface area contributed by atoms with Crippen LogP contribution in [0.15, 0.2) is 89.9 Å². The molecule has 0 aliphatic carbocycles. The number of ether oxygens (including phenoxy) is 1. The van der Waals surface area contributed by atoms with Gasteiger partial charge in [-0.05, 0) is 43.3 Å². The molecule has 1 aliphatic rings. The Hall–Kier alpha value is -3.99. The van der Waals surface area contributed by atoms with Gasteiger partial charge in [0.1, 0.15) is 17.2 Å². The number of para-hydroxylation sites is 1. The molecule has 0 unspecified atom stereocenters. The Balaban J connectivity index is 1.46. The number of carbonyl (C=O) groups excluding carboxylic acids is 2. The van der Waals surface area contributed by atoms with E-state index in [1.807, 2.05) is 60.7 Å². The fraction of sp³-hybridized carbons (Fsp3) is 0.0800. The molecule has 0 aromatic heterocycles. The highest BCUT2D eigenvalue weighted by Gasteiger charge is 2.18. The van der Waals surface area contributed by atoms with Crippen LogP contribution in [0.2, 0.25) is 0 Å². The van der Waals surface area contributed by atoms with Crippen LogP contribution in [0.25, 0.3) is 5.70 Å². The van der Waals surface area contributed by atoms with Crippen LogP contribution in [-0.2, 0) is 4.79 Å². The van der Waals surface area contributed by atoms with Gasteiger partial charge in [0.25, 0.3) is 5.91 Å². The Labute approximate surface area is 174 Å². The Morgan fingerprint density at radius 2 is 1.67 bits per heavy atom. The highest BCUT2D eigenvalue weighted by atomic mass is 16.5. The van der Waals surface area contributed by atoms with E-state index in [0.29, 0.717) is 29.1 Å². The summed E-state index contributed by atoms with van der Waals surface area (Å²) in [6.07, 6.45) is 2.36. The maximum absolute atomic E-state index is 12.6. The van der Waals surface area contributed by atoms with E-state index in [4.69, 9.17) is 4.74 Å². The van der Waals surface area contributed by atoms with Gasteiger partial charge in [-0.2, -0.15) is 0 Å². The van der Waals surface area contributed by atoms with Crippen LogP contribution in [-0.4, -0.2) is 17.4 Å². The van der Waals surface area contributed by atoms with Crippen molar-refractivity contribution in [2.45, 2.75) is 13.3 Å².